The van der Waals surface area contributed by atoms with Crippen molar-refractivity contribution < 1.29 is 9.90 Å². The fraction of sp³-hybridized carbons (Fsp3) is 0.688. The second-order valence-electron chi connectivity index (χ2n) is 6.50. The number of carbonyl (C=O) groups is 1. The van der Waals surface area contributed by atoms with Gasteiger partial charge in [-0.1, -0.05) is 18.0 Å². The number of aliphatic hydroxyl groups excluding tert-OH is 1. The standard InChI is InChI=1S/C16H23ClN4O2/c1-20(10-11-5-4-6-13(11)22)15(23)14-12(17)9-18-16(19-14)21-7-2-3-8-21/h9,11,13,22H,2-8,10H2,1H3. The van der Waals surface area contributed by atoms with E-state index in [2.05, 4.69) is 14.9 Å². The van der Waals surface area contributed by atoms with E-state index in [0.717, 1.165) is 45.2 Å². The van der Waals surface area contributed by atoms with Gasteiger partial charge in [-0.2, -0.15) is 0 Å². The first-order valence-corrected chi connectivity index (χ1v) is 8.65. The molecule has 7 heteroatoms. The van der Waals surface area contributed by atoms with E-state index in [1.165, 1.54) is 6.20 Å². The summed E-state index contributed by atoms with van der Waals surface area (Å²) in [7, 11) is 1.74. The van der Waals surface area contributed by atoms with Gasteiger partial charge in [0.25, 0.3) is 5.91 Å². The highest BCUT2D eigenvalue weighted by Crippen LogP contribution is 2.27. The normalized spacial score (nSPS) is 24.2. The molecule has 1 aliphatic heterocycles. The van der Waals surface area contributed by atoms with Crippen LogP contribution in [0.3, 0.4) is 0 Å². The summed E-state index contributed by atoms with van der Waals surface area (Å²) >= 11 is 6.15. The quantitative estimate of drug-likeness (QED) is 0.908. The largest absolute Gasteiger partial charge is 0.393 e. The van der Waals surface area contributed by atoms with Gasteiger partial charge in [-0.15, -0.1) is 0 Å². The first-order chi connectivity index (χ1) is 11.1. The number of halogens is 1. The number of aliphatic hydroxyl groups is 1. The summed E-state index contributed by atoms with van der Waals surface area (Å²) in [6.07, 6.45) is 6.22. The number of amides is 1. The van der Waals surface area contributed by atoms with Gasteiger partial charge >= 0.3 is 0 Å². The lowest BCUT2D eigenvalue weighted by Gasteiger charge is -2.24. The van der Waals surface area contributed by atoms with E-state index in [-0.39, 0.29) is 28.6 Å². The van der Waals surface area contributed by atoms with Crippen LogP contribution < -0.4 is 4.90 Å². The van der Waals surface area contributed by atoms with E-state index in [0.29, 0.717) is 12.5 Å². The number of aromatic nitrogens is 2. The lowest BCUT2D eigenvalue weighted by atomic mass is 10.1. The summed E-state index contributed by atoms with van der Waals surface area (Å²) in [6.45, 7) is 2.36. The first kappa shape index (κ1) is 16.5. The van der Waals surface area contributed by atoms with E-state index in [1.54, 1.807) is 11.9 Å². The summed E-state index contributed by atoms with van der Waals surface area (Å²) in [4.78, 5) is 25.0. The van der Waals surface area contributed by atoms with Gasteiger partial charge in [0, 0.05) is 32.6 Å². The molecule has 0 radical (unpaired) electrons. The third kappa shape index (κ3) is 3.58. The minimum atomic E-state index is -0.314. The van der Waals surface area contributed by atoms with E-state index in [1.807, 2.05) is 0 Å². The molecule has 0 aromatic carbocycles. The molecule has 2 fully saturated rings. The molecule has 1 saturated carbocycles. The molecule has 1 amide bonds. The third-order valence-corrected chi connectivity index (χ3v) is 5.07. The first-order valence-electron chi connectivity index (χ1n) is 8.27. The highest BCUT2D eigenvalue weighted by Gasteiger charge is 2.29. The molecule has 126 valence electrons. The van der Waals surface area contributed by atoms with Crippen molar-refractivity contribution in [2.24, 2.45) is 5.92 Å². The maximum Gasteiger partial charge on any atom is 0.273 e. The number of hydrogen-bond donors (Lipinski definition) is 1. The Labute approximate surface area is 141 Å². The summed E-state index contributed by atoms with van der Waals surface area (Å²) in [5, 5.41) is 10.2. The molecule has 3 rings (SSSR count). The fourth-order valence-electron chi connectivity index (χ4n) is 3.42. The van der Waals surface area contributed by atoms with Crippen LogP contribution in [0.5, 0.6) is 0 Å². The van der Waals surface area contributed by atoms with Crippen molar-refractivity contribution in [2.45, 2.75) is 38.2 Å². The number of rotatable bonds is 4. The van der Waals surface area contributed by atoms with Gasteiger partial charge in [-0.05, 0) is 25.7 Å². The van der Waals surface area contributed by atoms with Crippen LogP contribution in [0.2, 0.25) is 5.02 Å². The molecule has 2 unspecified atom stereocenters. The van der Waals surface area contributed by atoms with Crippen LogP contribution in [-0.2, 0) is 0 Å². The molecule has 0 bridgehead atoms. The summed E-state index contributed by atoms with van der Waals surface area (Å²) in [5.74, 6) is 0.504. The molecule has 2 atom stereocenters. The Kier molecular flexibility index (Phi) is 5.02. The molecule has 1 aromatic rings. The predicted octanol–water partition coefficient (Wildman–Crippen LogP) is 1.96. The molecule has 1 aromatic heterocycles. The Morgan fingerprint density at radius 1 is 1.39 bits per heavy atom. The fourth-order valence-corrected chi connectivity index (χ4v) is 3.59. The minimum Gasteiger partial charge on any atom is -0.393 e. The zero-order chi connectivity index (χ0) is 16.4. The van der Waals surface area contributed by atoms with Crippen LogP contribution >= 0.6 is 11.6 Å². The molecule has 1 aliphatic carbocycles. The average molecular weight is 339 g/mol. The SMILES string of the molecule is CN(CC1CCCC1O)C(=O)c1nc(N2CCCC2)ncc1Cl. The maximum absolute atomic E-state index is 12.7. The van der Waals surface area contributed by atoms with E-state index in [9.17, 15) is 9.90 Å². The third-order valence-electron chi connectivity index (χ3n) is 4.80. The average Bonchev–Trinajstić information content (AvgIpc) is 3.20. The summed E-state index contributed by atoms with van der Waals surface area (Å²) < 4.78 is 0. The number of carbonyl (C=O) groups excluding carboxylic acids is 1. The Bertz CT molecular complexity index is 577. The van der Waals surface area contributed by atoms with Crippen LogP contribution in [0.4, 0.5) is 5.95 Å². The molecule has 2 heterocycles. The van der Waals surface area contributed by atoms with Crippen LogP contribution in [0, 0.1) is 5.92 Å². The molecule has 1 saturated heterocycles. The van der Waals surface area contributed by atoms with Gasteiger partial charge in [0.05, 0.1) is 17.3 Å². The van der Waals surface area contributed by atoms with Gasteiger partial charge < -0.3 is 14.9 Å². The van der Waals surface area contributed by atoms with Gasteiger partial charge in [0.2, 0.25) is 5.95 Å². The minimum absolute atomic E-state index is 0.141. The van der Waals surface area contributed by atoms with Crippen LogP contribution in [0.1, 0.15) is 42.6 Å². The van der Waals surface area contributed by atoms with Gasteiger partial charge in [0.1, 0.15) is 0 Å². The predicted molar refractivity (Wildman–Crippen MR) is 88.8 cm³/mol. The zero-order valence-electron chi connectivity index (χ0n) is 13.4. The monoisotopic (exact) mass is 338 g/mol. The number of anilines is 1. The van der Waals surface area contributed by atoms with Crippen molar-refractivity contribution >= 4 is 23.5 Å². The van der Waals surface area contributed by atoms with Gasteiger partial charge in [-0.3, -0.25) is 4.79 Å². The van der Waals surface area contributed by atoms with Crippen molar-refractivity contribution in [2.75, 3.05) is 31.6 Å². The molecule has 1 N–H and O–H groups in total. The van der Waals surface area contributed by atoms with Crippen molar-refractivity contribution in [3.63, 3.8) is 0 Å². The van der Waals surface area contributed by atoms with Crippen molar-refractivity contribution in [1.82, 2.24) is 14.9 Å². The molecule has 6 nitrogen and oxygen atoms in total. The van der Waals surface area contributed by atoms with Crippen molar-refractivity contribution in [1.29, 1.82) is 0 Å². The topological polar surface area (TPSA) is 69.6 Å². The Morgan fingerprint density at radius 2 is 2.13 bits per heavy atom. The molecule has 0 spiro atoms. The van der Waals surface area contributed by atoms with Crippen molar-refractivity contribution in [3.8, 4) is 0 Å². The Balaban J connectivity index is 1.73. The summed E-state index contributed by atoms with van der Waals surface area (Å²) in [6, 6.07) is 0. The molecular weight excluding hydrogens is 316 g/mol. The zero-order valence-corrected chi connectivity index (χ0v) is 14.2. The number of hydrogen-bond acceptors (Lipinski definition) is 5. The van der Waals surface area contributed by atoms with E-state index in [4.69, 9.17) is 11.6 Å². The van der Waals surface area contributed by atoms with Gasteiger partial charge in [-0.25, -0.2) is 9.97 Å². The van der Waals surface area contributed by atoms with Gasteiger partial charge in [0.15, 0.2) is 5.69 Å². The Hall–Kier alpha value is -1.40. The van der Waals surface area contributed by atoms with Crippen LogP contribution in [0.25, 0.3) is 0 Å². The van der Waals surface area contributed by atoms with E-state index < -0.39 is 0 Å². The van der Waals surface area contributed by atoms with E-state index >= 15 is 0 Å². The molecular formula is C16H23ClN4O2. The van der Waals surface area contributed by atoms with Crippen LogP contribution in [0.15, 0.2) is 6.20 Å². The smallest absolute Gasteiger partial charge is 0.273 e. The second kappa shape index (κ2) is 7.01. The molecule has 23 heavy (non-hydrogen) atoms. The number of nitrogens with zero attached hydrogens (tertiary/aromatic N) is 4. The lowest BCUT2D eigenvalue weighted by molar-refractivity contribution is 0.0688. The second-order valence-corrected chi connectivity index (χ2v) is 6.91. The maximum atomic E-state index is 12.7. The summed E-state index contributed by atoms with van der Waals surface area (Å²) in [5.41, 5.74) is 0.249. The highest BCUT2D eigenvalue weighted by atomic mass is 35.5. The Morgan fingerprint density at radius 3 is 2.78 bits per heavy atom. The molecule has 2 aliphatic rings. The van der Waals surface area contributed by atoms with Crippen molar-refractivity contribution in [3.05, 3.63) is 16.9 Å². The lowest BCUT2D eigenvalue weighted by Crippen LogP contribution is -2.35. The highest BCUT2D eigenvalue weighted by molar-refractivity contribution is 6.33. The van der Waals surface area contributed by atoms with Crippen LogP contribution in [-0.4, -0.2) is 58.7 Å².